The Morgan fingerprint density at radius 3 is 1.61 bits per heavy atom. The molecule has 0 amide bonds. The van der Waals surface area contributed by atoms with Gasteiger partial charge in [-0.3, -0.25) is 0 Å². The van der Waals surface area contributed by atoms with E-state index in [0.717, 1.165) is 36.8 Å². The third kappa shape index (κ3) is 9.73. The van der Waals surface area contributed by atoms with Gasteiger partial charge in [-0.05, 0) is 0 Å². The molecule has 23 heavy (non-hydrogen) atoms. The summed E-state index contributed by atoms with van der Waals surface area (Å²) in [5.74, 6) is 4.87. The first kappa shape index (κ1) is 26.0. The van der Waals surface area contributed by atoms with Crippen molar-refractivity contribution >= 4 is 0 Å². The van der Waals surface area contributed by atoms with Crippen LogP contribution in [-0.2, 0) is 26.2 Å². The fourth-order valence-electron chi connectivity index (χ4n) is 3.63. The Balaban J connectivity index is 0. The molecule has 0 aromatic carbocycles. The van der Waals surface area contributed by atoms with Crippen LogP contribution in [-0.4, -0.2) is 39.8 Å². The molecule has 1 rings (SSSR count). The zero-order chi connectivity index (χ0) is 17.3. The number of nitrogens with zero attached hydrogens (tertiary/aromatic N) is 3. The summed E-state index contributed by atoms with van der Waals surface area (Å²) in [7, 11) is 5.43. The SMILES string of the molecule is C[N-]C.C[N-]CCC1[C-](C)C(CC[N-]C(C)(C)C)C(C)C1C.[Zr+4]. The van der Waals surface area contributed by atoms with E-state index in [4.69, 9.17) is 5.32 Å². The van der Waals surface area contributed by atoms with Gasteiger partial charge in [-0.25, -0.2) is 0 Å². The number of rotatable bonds is 6. The first-order chi connectivity index (χ1) is 10.2. The van der Waals surface area contributed by atoms with Gasteiger partial charge in [-0.1, -0.05) is 59.3 Å². The Morgan fingerprint density at radius 1 is 0.870 bits per heavy atom. The summed E-state index contributed by atoms with van der Waals surface area (Å²) >= 11 is 0. The van der Waals surface area contributed by atoms with E-state index in [1.54, 1.807) is 20.0 Å². The Labute approximate surface area is 165 Å². The van der Waals surface area contributed by atoms with Gasteiger partial charge in [-0.15, -0.1) is 5.54 Å². The molecule has 4 heteroatoms. The van der Waals surface area contributed by atoms with Crippen LogP contribution in [0.25, 0.3) is 16.0 Å². The summed E-state index contributed by atoms with van der Waals surface area (Å²) < 4.78 is 0. The van der Waals surface area contributed by atoms with Crippen molar-refractivity contribution in [2.45, 2.75) is 59.9 Å². The Bertz CT molecular complexity index is 278. The van der Waals surface area contributed by atoms with Gasteiger partial charge in [0.15, 0.2) is 0 Å². The van der Waals surface area contributed by atoms with E-state index in [9.17, 15) is 0 Å². The van der Waals surface area contributed by atoms with Crippen molar-refractivity contribution in [3.05, 3.63) is 21.9 Å². The van der Waals surface area contributed by atoms with E-state index in [1.165, 1.54) is 12.8 Å². The Hall–Kier alpha value is 0.763. The van der Waals surface area contributed by atoms with E-state index < -0.39 is 0 Å². The van der Waals surface area contributed by atoms with Crippen LogP contribution in [0.1, 0.15) is 54.4 Å². The van der Waals surface area contributed by atoms with Crippen molar-refractivity contribution in [2.24, 2.45) is 23.7 Å². The van der Waals surface area contributed by atoms with Crippen molar-refractivity contribution in [3.63, 3.8) is 0 Å². The monoisotopic (exact) mass is 399 g/mol. The maximum absolute atomic E-state index is 4.77. The van der Waals surface area contributed by atoms with Gasteiger partial charge in [-0.2, -0.15) is 53.0 Å². The number of hydrogen-bond donors (Lipinski definition) is 0. The standard InChI is InChI=1S/C17H33N2.C2H6N.Zr/c1-12-13(2)16(9-11-19-17(4,5)6)14(3)15(12)8-10-18-7;1-3-2;/h12-13,15-16H,8-11H2,1-7H3;1-2H3;/q-3;-1;+4. The Morgan fingerprint density at radius 2 is 1.26 bits per heavy atom. The van der Waals surface area contributed by atoms with Crippen LogP contribution in [0.15, 0.2) is 0 Å². The van der Waals surface area contributed by atoms with Crippen LogP contribution in [0, 0.1) is 29.6 Å². The third-order valence-electron chi connectivity index (χ3n) is 4.96. The van der Waals surface area contributed by atoms with Crippen molar-refractivity contribution in [1.29, 1.82) is 0 Å². The minimum absolute atomic E-state index is 0. The molecule has 1 aliphatic carbocycles. The zero-order valence-electron chi connectivity index (χ0n) is 17.0. The fraction of sp³-hybridized carbons (Fsp3) is 0.947. The van der Waals surface area contributed by atoms with Crippen LogP contribution in [0.3, 0.4) is 0 Å². The molecule has 0 aromatic rings. The van der Waals surface area contributed by atoms with Gasteiger partial charge in [0.1, 0.15) is 0 Å². The van der Waals surface area contributed by atoms with E-state index in [-0.39, 0.29) is 31.7 Å². The van der Waals surface area contributed by atoms with Crippen LogP contribution in [0.5, 0.6) is 0 Å². The smallest absolute Gasteiger partial charge is 0.668 e. The molecule has 0 N–H and O–H groups in total. The van der Waals surface area contributed by atoms with Crippen molar-refractivity contribution in [2.75, 3.05) is 34.2 Å². The minimum Gasteiger partial charge on any atom is -0.668 e. The van der Waals surface area contributed by atoms with Crippen LogP contribution in [0.2, 0.25) is 0 Å². The molecule has 1 saturated carbocycles. The van der Waals surface area contributed by atoms with E-state index in [1.807, 2.05) is 7.05 Å². The molecule has 0 bridgehead atoms. The molecule has 3 nitrogen and oxygen atoms in total. The molecule has 134 valence electrons. The molecule has 0 aromatic heterocycles. The summed E-state index contributed by atoms with van der Waals surface area (Å²) in [6.45, 7) is 15.8. The number of hydrogen-bond acceptors (Lipinski definition) is 0. The summed E-state index contributed by atoms with van der Waals surface area (Å²) in [5.41, 5.74) is 0.113. The fourth-order valence-corrected chi connectivity index (χ4v) is 3.63. The van der Waals surface area contributed by atoms with Gasteiger partial charge in [0.2, 0.25) is 0 Å². The predicted molar refractivity (Wildman–Crippen MR) is 101 cm³/mol. The zero-order valence-corrected chi connectivity index (χ0v) is 19.4. The molecule has 0 spiro atoms. The maximum Gasteiger partial charge on any atom is 4.00 e. The molecule has 1 aliphatic rings. The second kappa shape index (κ2) is 13.0. The largest absolute Gasteiger partial charge is 4.00 e. The van der Waals surface area contributed by atoms with Crippen molar-refractivity contribution in [1.82, 2.24) is 0 Å². The summed E-state index contributed by atoms with van der Waals surface area (Å²) in [6, 6.07) is 0. The second-order valence-electron chi connectivity index (χ2n) is 7.79. The van der Waals surface area contributed by atoms with E-state index in [0.29, 0.717) is 0 Å². The first-order valence-corrected chi connectivity index (χ1v) is 8.75. The quantitative estimate of drug-likeness (QED) is 0.515. The minimum atomic E-state index is 0. The molecule has 0 radical (unpaired) electrons. The molecule has 0 saturated heterocycles. The van der Waals surface area contributed by atoms with Gasteiger partial charge < -0.3 is 21.9 Å². The average Bonchev–Trinajstić information content (AvgIpc) is 2.60. The molecule has 4 unspecified atom stereocenters. The normalized spacial score (nSPS) is 28.0. The van der Waals surface area contributed by atoms with Crippen LogP contribution in [0.4, 0.5) is 0 Å². The average molecular weight is 401 g/mol. The summed E-state index contributed by atoms with van der Waals surface area (Å²) in [4.78, 5) is 0. The Kier molecular flexibility index (Phi) is 14.7. The van der Waals surface area contributed by atoms with Crippen LogP contribution >= 0.6 is 0 Å². The predicted octanol–water partition coefficient (Wildman–Crippen LogP) is 5.67. The molecule has 0 aliphatic heterocycles. The topological polar surface area (TPSA) is 42.3 Å². The first-order valence-electron chi connectivity index (χ1n) is 8.75. The summed E-state index contributed by atoms with van der Waals surface area (Å²) in [5, 5.41) is 12.6. The van der Waals surface area contributed by atoms with E-state index in [2.05, 4.69) is 52.2 Å². The van der Waals surface area contributed by atoms with Crippen LogP contribution < -0.4 is 0 Å². The van der Waals surface area contributed by atoms with Crippen molar-refractivity contribution < 1.29 is 26.2 Å². The molecule has 4 atom stereocenters. The van der Waals surface area contributed by atoms with Gasteiger partial charge in [0.05, 0.1) is 0 Å². The molecule has 0 heterocycles. The van der Waals surface area contributed by atoms with Crippen molar-refractivity contribution in [3.8, 4) is 0 Å². The molecule has 1 fully saturated rings. The van der Waals surface area contributed by atoms with E-state index >= 15 is 0 Å². The molecular weight excluding hydrogens is 361 g/mol. The maximum atomic E-state index is 4.77. The summed E-state index contributed by atoms with van der Waals surface area (Å²) in [6.07, 6.45) is 2.47. The van der Waals surface area contributed by atoms with Gasteiger partial charge >= 0.3 is 26.2 Å². The second-order valence-corrected chi connectivity index (χ2v) is 7.79. The van der Waals surface area contributed by atoms with Gasteiger partial charge in [0, 0.05) is 0 Å². The third-order valence-corrected chi connectivity index (χ3v) is 4.96. The molecular formula is C19H39N3Zr. The van der Waals surface area contributed by atoms with Gasteiger partial charge in [0.25, 0.3) is 0 Å².